The molecule has 0 unspecified atom stereocenters. The number of rotatable bonds is 9. The van der Waals surface area contributed by atoms with Crippen LogP contribution in [0.5, 0.6) is 0 Å². The van der Waals surface area contributed by atoms with Gasteiger partial charge in [-0.05, 0) is 62.6 Å². The van der Waals surface area contributed by atoms with E-state index in [1.165, 1.54) is 12.1 Å². The number of halogens is 1. The van der Waals surface area contributed by atoms with Crippen molar-refractivity contribution < 1.29 is 23.5 Å². The van der Waals surface area contributed by atoms with Crippen LogP contribution in [0.25, 0.3) is 0 Å². The number of alkyl carbamates (subject to hydrolysis) is 1. The zero-order chi connectivity index (χ0) is 23.6. The topological polar surface area (TPSA) is 96.5 Å². The van der Waals surface area contributed by atoms with Crippen molar-refractivity contribution in [3.8, 4) is 0 Å². The monoisotopic (exact) mass is 443 g/mol. The van der Waals surface area contributed by atoms with E-state index in [2.05, 4.69) is 16.0 Å². The van der Waals surface area contributed by atoms with Crippen LogP contribution in [0.3, 0.4) is 0 Å². The van der Waals surface area contributed by atoms with Crippen LogP contribution in [0.4, 0.5) is 14.9 Å². The molecule has 8 heteroatoms. The van der Waals surface area contributed by atoms with Gasteiger partial charge < -0.3 is 20.7 Å². The average molecular weight is 444 g/mol. The fourth-order valence-corrected chi connectivity index (χ4v) is 2.76. The Labute approximate surface area is 187 Å². The fraction of sp³-hybridized carbons (Fsp3) is 0.375. The van der Waals surface area contributed by atoms with Crippen LogP contribution in [-0.2, 0) is 27.3 Å². The van der Waals surface area contributed by atoms with Gasteiger partial charge in [0.05, 0.1) is 0 Å². The maximum Gasteiger partial charge on any atom is 0.407 e. The third kappa shape index (κ3) is 10.1. The van der Waals surface area contributed by atoms with E-state index >= 15 is 0 Å². The zero-order valence-electron chi connectivity index (χ0n) is 18.7. The van der Waals surface area contributed by atoms with Gasteiger partial charge in [0.15, 0.2) is 0 Å². The maximum atomic E-state index is 13.2. The lowest BCUT2D eigenvalue weighted by Crippen LogP contribution is -2.34. The van der Waals surface area contributed by atoms with Crippen molar-refractivity contribution in [2.75, 3.05) is 11.9 Å². The van der Waals surface area contributed by atoms with Gasteiger partial charge in [0.25, 0.3) is 0 Å². The predicted molar refractivity (Wildman–Crippen MR) is 120 cm³/mol. The Morgan fingerprint density at radius 1 is 0.906 bits per heavy atom. The second kappa shape index (κ2) is 11.8. The Morgan fingerprint density at radius 2 is 1.62 bits per heavy atom. The second-order valence-corrected chi connectivity index (χ2v) is 8.33. The number of benzene rings is 2. The highest BCUT2D eigenvalue weighted by molar-refractivity contribution is 5.91. The molecule has 172 valence electrons. The van der Waals surface area contributed by atoms with Crippen LogP contribution in [0.15, 0.2) is 48.5 Å². The van der Waals surface area contributed by atoms with E-state index < -0.39 is 11.7 Å². The van der Waals surface area contributed by atoms with E-state index in [9.17, 15) is 18.8 Å². The summed E-state index contributed by atoms with van der Waals surface area (Å²) >= 11 is 0. The first-order chi connectivity index (χ1) is 15.1. The number of hydrogen-bond donors (Lipinski definition) is 3. The largest absolute Gasteiger partial charge is 0.444 e. The Hall–Kier alpha value is -3.42. The highest BCUT2D eigenvalue weighted by Gasteiger charge is 2.15. The van der Waals surface area contributed by atoms with E-state index in [1.54, 1.807) is 57.2 Å². The SMILES string of the molecule is CC(C)(C)OC(=O)NCCC(=O)Nc1ccc(CNC(=O)CCc2cccc(F)c2)cc1. The van der Waals surface area contributed by atoms with Crippen LogP contribution < -0.4 is 16.0 Å². The summed E-state index contributed by atoms with van der Waals surface area (Å²) in [4.78, 5) is 35.6. The van der Waals surface area contributed by atoms with E-state index in [0.717, 1.165) is 11.1 Å². The molecule has 0 spiro atoms. The molecule has 0 aliphatic heterocycles. The van der Waals surface area contributed by atoms with Crippen LogP contribution in [0, 0.1) is 5.82 Å². The minimum Gasteiger partial charge on any atom is -0.444 e. The molecule has 3 amide bonds. The number of nitrogens with one attached hydrogen (secondary N) is 3. The Bertz CT molecular complexity index is 924. The summed E-state index contributed by atoms with van der Waals surface area (Å²) in [5.41, 5.74) is 1.69. The smallest absolute Gasteiger partial charge is 0.407 e. The van der Waals surface area contributed by atoms with Crippen LogP contribution in [0.2, 0.25) is 0 Å². The minimum absolute atomic E-state index is 0.113. The number of aryl methyl sites for hydroxylation is 1. The number of carbonyl (C=O) groups excluding carboxylic acids is 3. The molecule has 0 bridgehead atoms. The van der Waals surface area contributed by atoms with Gasteiger partial charge in [-0.3, -0.25) is 9.59 Å². The van der Waals surface area contributed by atoms with Crippen LogP contribution in [0.1, 0.15) is 44.7 Å². The number of anilines is 1. The normalized spacial score (nSPS) is 10.9. The number of hydrogen-bond acceptors (Lipinski definition) is 4. The molecule has 0 heterocycles. The van der Waals surface area contributed by atoms with Gasteiger partial charge in [0.2, 0.25) is 11.8 Å². The highest BCUT2D eigenvalue weighted by Crippen LogP contribution is 2.11. The molecule has 2 rings (SSSR count). The summed E-state index contributed by atoms with van der Waals surface area (Å²) in [7, 11) is 0. The van der Waals surface area contributed by atoms with Crippen molar-refractivity contribution in [1.29, 1.82) is 0 Å². The minimum atomic E-state index is -0.588. The molecule has 32 heavy (non-hydrogen) atoms. The molecule has 0 radical (unpaired) electrons. The molecule has 0 saturated carbocycles. The molecular weight excluding hydrogens is 413 g/mol. The molecule has 3 N–H and O–H groups in total. The quantitative estimate of drug-likeness (QED) is 0.547. The first-order valence-corrected chi connectivity index (χ1v) is 10.5. The lowest BCUT2D eigenvalue weighted by molar-refractivity contribution is -0.121. The molecule has 0 aliphatic rings. The van der Waals surface area contributed by atoms with Crippen LogP contribution in [-0.4, -0.2) is 30.1 Å². The first kappa shape index (κ1) is 24.8. The van der Waals surface area contributed by atoms with Gasteiger partial charge in [-0.15, -0.1) is 0 Å². The molecule has 2 aromatic rings. The van der Waals surface area contributed by atoms with Gasteiger partial charge >= 0.3 is 6.09 Å². The molecule has 7 nitrogen and oxygen atoms in total. The summed E-state index contributed by atoms with van der Waals surface area (Å²) in [5, 5.41) is 8.11. The van der Waals surface area contributed by atoms with Crippen LogP contribution >= 0.6 is 0 Å². The zero-order valence-corrected chi connectivity index (χ0v) is 18.7. The summed E-state index contributed by atoms with van der Waals surface area (Å²) in [6.45, 7) is 5.82. The number of carbonyl (C=O) groups is 3. The van der Waals surface area contributed by atoms with Crippen molar-refractivity contribution in [3.63, 3.8) is 0 Å². The van der Waals surface area contributed by atoms with Gasteiger partial charge in [0, 0.05) is 31.6 Å². The second-order valence-electron chi connectivity index (χ2n) is 8.33. The van der Waals surface area contributed by atoms with Crippen molar-refractivity contribution in [2.45, 2.75) is 52.2 Å². The molecule has 0 atom stereocenters. The first-order valence-electron chi connectivity index (χ1n) is 10.5. The summed E-state index contributed by atoms with van der Waals surface area (Å²) < 4.78 is 18.3. The average Bonchev–Trinajstić information content (AvgIpc) is 2.70. The predicted octanol–water partition coefficient (Wildman–Crippen LogP) is 3.93. The number of amides is 3. The Kier molecular flexibility index (Phi) is 9.19. The molecule has 0 aromatic heterocycles. The summed E-state index contributed by atoms with van der Waals surface area (Å²) in [6.07, 6.45) is 0.293. The van der Waals surface area contributed by atoms with Gasteiger partial charge in [0.1, 0.15) is 11.4 Å². The Morgan fingerprint density at radius 3 is 2.28 bits per heavy atom. The lowest BCUT2D eigenvalue weighted by Gasteiger charge is -2.19. The highest BCUT2D eigenvalue weighted by atomic mass is 19.1. The standard InChI is InChI=1S/C24H30FN3O4/c1-24(2,3)32-23(31)26-14-13-22(30)28-20-10-7-18(8-11-20)16-27-21(29)12-9-17-5-4-6-19(25)15-17/h4-8,10-11,15H,9,12-14,16H2,1-3H3,(H,26,31)(H,27,29)(H,28,30). The summed E-state index contributed by atoms with van der Waals surface area (Å²) in [5.74, 6) is -0.669. The molecule has 0 fully saturated rings. The Balaban J connectivity index is 1.67. The van der Waals surface area contributed by atoms with Gasteiger partial charge in [-0.1, -0.05) is 24.3 Å². The lowest BCUT2D eigenvalue weighted by atomic mass is 10.1. The molecular formula is C24H30FN3O4. The number of ether oxygens (including phenoxy) is 1. The van der Waals surface area contributed by atoms with Crippen molar-refractivity contribution in [1.82, 2.24) is 10.6 Å². The van der Waals surface area contributed by atoms with Crippen molar-refractivity contribution in [2.24, 2.45) is 0 Å². The van der Waals surface area contributed by atoms with Gasteiger partial charge in [-0.2, -0.15) is 0 Å². The van der Waals surface area contributed by atoms with Gasteiger partial charge in [-0.25, -0.2) is 9.18 Å². The van der Waals surface area contributed by atoms with E-state index in [0.29, 0.717) is 18.7 Å². The third-order valence-electron chi connectivity index (χ3n) is 4.28. The fourth-order valence-electron chi connectivity index (χ4n) is 2.76. The van der Waals surface area contributed by atoms with Crippen molar-refractivity contribution in [3.05, 3.63) is 65.5 Å². The maximum absolute atomic E-state index is 13.2. The third-order valence-corrected chi connectivity index (χ3v) is 4.28. The molecule has 2 aromatic carbocycles. The summed E-state index contributed by atoms with van der Waals surface area (Å²) in [6, 6.07) is 13.3. The van der Waals surface area contributed by atoms with E-state index in [4.69, 9.17) is 4.74 Å². The van der Waals surface area contributed by atoms with E-state index in [-0.39, 0.29) is 37.0 Å². The molecule has 0 aliphatic carbocycles. The molecule has 0 saturated heterocycles. The van der Waals surface area contributed by atoms with E-state index in [1.807, 2.05) is 0 Å². The van der Waals surface area contributed by atoms with Crippen molar-refractivity contribution >= 4 is 23.6 Å².